The fourth-order valence-electron chi connectivity index (χ4n) is 2.88. The van der Waals surface area contributed by atoms with Crippen LogP contribution in [0.2, 0.25) is 0 Å². The van der Waals surface area contributed by atoms with Gasteiger partial charge in [-0.05, 0) is 24.6 Å². The number of methoxy groups -OCH3 is 1. The van der Waals surface area contributed by atoms with Gasteiger partial charge in [-0.25, -0.2) is 9.37 Å². The Balaban J connectivity index is 2.06. The number of aromatic nitrogens is 6. The van der Waals surface area contributed by atoms with E-state index in [1.54, 1.807) is 19.2 Å². The monoisotopic (exact) mass is 354 g/mol. The van der Waals surface area contributed by atoms with Crippen LogP contribution in [0.3, 0.4) is 0 Å². The van der Waals surface area contributed by atoms with E-state index < -0.39 is 0 Å². The highest BCUT2D eigenvalue weighted by Gasteiger charge is 2.20. The van der Waals surface area contributed by atoms with E-state index in [0.717, 1.165) is 5.56 Å². The molecule has 26 heavy (non-hydrogen) atoms. The SMILES string of the molecule is CCn1cnc2c(nnc3c(-c4ccc(F)cc4)c(COC)nn32)c1=O. The molecule has 0 bridgehead atoms. The lowest BCUT2D eigenvalue weighted by Gasteiger charge is -2.04. The van der Waals surface area contributed by atoms with Crippen molar-refractivity contribution in [2.75, 3.05) is 7.11 Å². The van der Waals surface area contributed by atoms with Gasteiger partial charge >= 0.3 is 0 Å². The van der Waals surface area contributed by atoms with Crippen molar-refractivity contribution in [2.45, 2.75) is 20.1 Å². The highest BCUT2D eigenvalue weighted by molar-refractivity contribution is 5.83. The summed E-state index contributed by atoms with van der Waals surface area (Å²) in [5.74, 6) is -0.336. The van der Waals surface area contributed by atoms with Crippen LogP contribution < -0.4 is 5.56 Å². The lowest BCUT2D eigenvalue weighted by Crippen LogP contribution is -2.22. The average molecular weight is 354 g/mol. The first kappa shape index (κ1) is 16.3. The standard InChI is InChI=1S/C17H15FN6O2/c1-3-23-9-19-16-14(17(23)25)20-21-15-13(10-4-6-11(18)7-5-10)12(8-26-2)22-24(15)16/h4-7,9H,3,8H2,1-2H3. The number of halogens is 1. The zero-order chi connectivity index (χ0) is 18.3. The van der Waals surface area contributed by atoms with Crippen molar-refractivity contribution in [1.82, 2.24) is 29.4 Å². The molecule has 0 saturated carbocycles. The first-order valence-electron chi connectivity index (χ1n) is 8.02. The molecular formula is C17H15FN6O2. The fraction of sp³-hybridized carbons (Fsp3) is 0.235. The Morgan fingerprint density at radius 1 is 1.15 bits per heavy atom. The quantitative estimate of drug-likeness (QED) is 0.555. The number of ether oxygens (including phenoxy) is 1. The first-order chi connectivity index (χ1) is 12.6. The highest BCUT2D eigenvalue weighted by atomic mass is 19.1. The predicted molar refractivity (Wildman–Crippen MR) is 92.1 cm³/mol. The van der Waals surface area contributed by atoms with Crippen LogP contribution in [0.15, 0.2) is 35.4 Å². The summed E-state index contributed by atoms with van der Waals surface area (Å²) < 4.78 is 21.5. The number of hydrogen-bond donors (Lipinski definition) is 0. The van der Waals surface area contributed by atoms with Gasteiger partial charge in [0.15, 0.2) is 16.8 Å². The molecule has 8 nitrogen and oxygen atoms in total. The number of fused-ring (bicyclic) bond motifs is 3. The molecule has 0 spiro atoms. The van der Waals surface area contributed by atoms with Gasteiger partial charge in [-0.1, -0.05) is 12.1 Å². The predicted octanol–water partition coefficient (Wildman–Crippen LogP) is 1.81. The van der Waals surface area contributed by atoms with Crippen molar-refractivity contribution >= 4 is 16.8 Å². The number of nitrogens with zero attached hydrogens (tertiary/aromatic N) is 6. The van der Waals surface area contributed by atoms with Crippen molar-refractivity contribution in [3.8, 4) is 11.1 Å². The van der Waals surface area contributed by atoms with Crippen molar-refractivity contribution in [1.29, 1.82) is 0 Å². The molecule has 0 fully saturated rings. The van der Waals surface area contributed by atoms with Crippen LogP contribution in [0.25, 0.3) is 27.9 Å². The third-order valence-electron chi connectivity index (χ3n) is 4.13. The molecule has 9 heteroatoms. The maximum Gasteiger partial charge on any atom is 0.283 e. The Morgan fingerprint density at radius 3 is 2.62 bits per heavy atom. The zero-order valence-electron chi connectivity index (χ0n) is 14.2. The summed E-state index contributed by atoms with van der Waals surface area (Å²) in [7, 11) is 1.56. The average Bonchev–Trinajstić information content (AvgIpc) is 3.01. The van der Waals surface area contributed by atoms with Crippen LogP contribution in [0, 0.1) is 5.82 Å². The van der Waals surface area contributed by atoms with Crippen molar-refractivity contribution < 1.29 is 9.13 Å². The van der Waals surface area contributed by atoms with E-state index in [-0.39, 0.29) is 23.5 Å². The Hall–Kier alpha value is -3.20. The minimum absolute atomic E-state index is 0.138. The van der Waals surface area contributed by atoms with Crippen LogP contribution in [-0.2, 0) is 17.9 Å². The van der Waals surface area contributed by atoms with Gasteiger partial charge in [0, 0.05) is 13.7 Å². The van der Waals surface area contributed by atoms with Crippen LogP contribution in [-0.4, -0.2) is 36.5 Å². The highest BCUT2D eigenvalue weighted by Crippen LogP contribution is 2.28. The molecule has 0 amide bonds. The summed E-state index contributed by atoms with van der Waals surface area (Å²) in [4.78, 5) is 16.8. The number of aryl methyl sites for hydroxylation is 1. The third-order valence-corrected chi connectivity index (χ3v) is 4.13. The largest absolute Gasteiger partial charge is 0.378 e. The van der Waals surface area contributed by atoms with Crippen LogP contribution in [0.4, 0.5) is 4.39 Å². The third kappa shape index (κ3) is 2.44. The molecule has 0 aliphatic rings. The smallest absolute Gasteiger partial charge is 0.283 e. The second kappa shape index (κ2) is 6.26. The molecule has 3 heterocycles. The number of rotatable bonds is 4. The molecule has 0 saturated heterocycles. The van der Waals surface area contributed by atoms with Gasteiger partial charge in [0.1, 0.15) is 12.1 Å². The maximum absolute atomic E-state index is 13.3. The molecule has 4 aromatic rings. The topological polar surface area (TPSA) is 87.2 Å². The molecule has 132 valence electrons. The Kier molecular flexibility index (Phi) is 3.92. The van der Waals surface area contributed by atoms with Crippen molar-refractivity contribution in [3.05, 3.63) is 52.5 Å². The summed E-state index contributed by atoms with van der Waals surface area (Å²) in [5, 5.41) is 12.8. The number of benzene rings is 1. The Bertz CT molecular complexity index is 1170. The number of hydrogen-bond acceptors (Lipinski definition) is 6. The molecule has 3 aromatic heterocycles. The lowest BCUT2D eigenvalue weighted by molar-refractivity contribution is 0.181. The van der Waals surface area contributed by atoms with E-state index in [0.29, 0.717) is 29.1 Å². The Morgan fingerprint density at radius 2 is 1.92 bits per heavy atom. The molecule has 4 rings (SSSR count). The van der Waals surface area contributed by atoms with Gasteiger partial charge in [0.25, 0.3) is 5.56 Å². The maximum atomic E-state index is 13.3. The van der Waals surface area contributed by atoms with E-state index >= 15 is 0 Å². The molecule has 0 aliphatic carbocycles. The van der Waals surface area contributed by atoms with E-state index in [2.05, 4.69) is 20.3 Å². The molecule has 0 aliphatic heterocycles. The summed E-state index contributed by atoms with van der Waals surface area (Å²) >= 11 is 0. The van der Waals surface area contributed by atoms with Gasteiger partial charge in [0.2, 0.25) is 0 Å². The van der Waals surface area contributed by atoms with Gasteiger partial charge in [-0.3, -0.25) is 9.36 Å². The fourth-order valence-corrected chi connectivity index (χ4v) is 2.88. The van der Waals surface area contributed by atoms with Gasteiger partial charge < -0.3 is 4.74 Å². The molecule has 0 unspecified atom stereocenters. The second-order valence-electron chi connectivity index (χ2n) is 5.70. The molecule has 0 atom stereocenters. The summed E-state index contributed by atoms with van der Waals surface area (Å²) in [5.41, 5.74) is 2.60. The summed E-state index contributed by atoms with van der Waals surface area (Å²) in [6.07, 6.45) is 1.46. The molecule has 0 radical (unpaired) electrons. The van der Waals surface area contributed by atoms with Crippen molar-refractivity contribution in [2.24, 2.45) is 0 Å². The van der Waals surface area contributed by atoms with Crippen LogP contribution >= 0.6 is 0 Å². The van der Waals surface area contributed by atoms with E-state index in [1.807, 2.05) is 6.92 Å². The van der Waals surface area contributed by atoms with Crippen LogP contribution in [0.5, 0.6) is 0 Å². The van der Waals surface area contributed by atoms with Gasteiger partial charge in [0.05, 0.1) is 17.9 Å². The van der Waals surface area contributed by atoms with E-state index in [4.69, 9.17) is 4.74 Å². The minimum atomic E-state index is -0.336. The Labute approximate surface area is 146 Å². The molecule has 1 aromatic carbocycles. The molecular weight excluding hydrogens is 339 g/mol. The van der Waals surface area contributed by atoms with E-state index in [1.165, 1.54) is 27.5 Å². The van der Waals surface area contributed by atoms with Crippen LogP contribution in [0.1, 0.15) is 12.6 Å². The first-order valence-corrected chi connectivity index (χ1v) is 8.02. The summed E-state index contributed by atoms with van der Waals surface area (Å²) in [6.45, 7) is 2.55. The second-order valence-corrected chi connectivity index (χ2v) is 5.70. The van der Waals surface area contributed by atoms with Gasteiger partial charge in [-0.2, -0.15) is 9.61 Å². The molecule has 0 N–H and O–H groups in total. The zero-order valence-corrected chi connectivity index (χ0v) is 14.2. The normalized spacial score (nSPS) is 11.5. The summed E-state index contributed by atoms with van der Waals surface area (Å²) in [6, 6.07) is 6.00. The van der Waals surface area contributed by atoms with E-state index in [9.17, 15) is 9.18 Å². The lowest BCUT2D eigenvalue weighted by atomic mass is 10.1. The van der Waals surface area contributed by atoms with Crippen molar-refractivity contribution in [3.63, 3.8) is 0 Å². The minimum Gasteiger partial charge on any atom is -0.378 e. The van der Waals surface area contributed by atoms with Gasteiger partial charge in [-0.15, -0.1) is 10.2 Å².